The topological polar surface area (TPSA) is 207 Å². The molecule has 0 aromatic heterocycles. The van der Waals surface area contributed by atoms with Gasteiger partial charge in [-0.3, -0.25) is 19.2 Å². The summed E-state index contributed by atoms with van der Waals surface area (Å²) in [4.78, 5) is 51.1. The van der Waals surface area contributed by atoms with Crippen molar-refractivity contribution in [1.29, 1.82) is 0 Å². The number of rotatable bonds is 13. The molecule has 0 heterocycles. The van der Waals surface area contributed by atoms with E-state index in [2.05, 4.69) is 16.0 Å². The van der Waals surface area contributed by atoms with Gasteiger partial charge in [-0.15, -0.1) is 0 Å². The third kappa shape index (κ3) is 11.2. The molecule has 25 heteroatoms. The van der Waals surface area contributed by atoms with Crippen LogP contribution in [0.2, 0.25) is 0 Å². The standard InChI is InChI=1S/C54H38F12N4O9/c1-27-3-5-29(6-4-27)46(76)68-39-25-34(13-21-43(39)73)50(53(61,62)63,54(64,65)66)35-14-22-45(75)41(26-35)70-48(78)31-9-17-37(18-10-31)79-36-15-7-30(8-16-36)47(77)69-40-24-33(12-20-44(40)74)49(51(55,56)57,52(58,59)60)32-11-19-42(72)38(23-32)67-28(2)71/h3-26,72-75H,1-2H3,(H,67,71)(H,68,76)(H,69,77)(H,70,78). The number of halogens is 12. The molecule has 0 saturated heterocycles. The summed E-state index contributed by atoms with van der Waals surface area (Å²) in [5, 5.41) is 49.8. The van der Waals surface area contributed by atoms with Gasteiger partial charge in [-0.1, -0.05) is 42.0 Å². The fourth-order valence-electron chi connectivity index (χ4n) is 8.40. The third-order valence-electron chi connectivity index (χ3n) is 12.3. The summed E-state index contributed by atoms with van der Waals surface area (Å²) in [6.45, 7) is 2.58. The molecule has 79 heavy (non-hydrogen) atoms. The first-order valence-electron chi connectivity index (χ1n) is 22.6. The molecule has 0 saturated carbocycles. The number of alkyl halides is 12. The molecule has 7 aromatic rings. The van der Waals surface area contributed by atoms with Crippen LogP contribution < -0.4 is 26.0 Å². The van der Waals surface area contributed by atoms with Crippen LogP contribution in [-0.4, -0.2) is 68.8 Å². The number of ether oxygens (including phenoxy) is 1. The normalized spacial score (nSPS) is 12.3. The van der Waals surface area contributed by atoms with E-state index in [0.29, 0.717) is 54.6 Å². The van der Waals surface area contributed by atoms with Gasteiger partial charge in [0.05, 0.1) is 22.7 Å². The summed E-state index contributed by atoms with van der Waals surface area (Å²) in [6.07, 6.45) is -24.7. The lowest BCUT2D eigenvalue weighted by atomic mass is 9.72. The zero-order valence-corrected chi connectivity index (χ0v) is 40.2. The zero-order valence-electron chi connectivity index (χ0n) is 40.2. The monoisotopic (exact) mass is 1110 g/mol. The highest BCUT2D eigenvalue weighted by Gasteiger charge is 2.74. The number of carbonyl (C=O) groups excluding carboxylic acids is 4. The maximum Gasteiger partial charge on any atom is 0.411 e. The number of nitrogens with one attached hydrogen (secondary N) is 4. The number of hydrogen-bond acceptors (Lipinski definition) is 9. The lowest BCUT2D eigenvalue weighted by molar-refractivity contribution is -0.290. The summed E-state index contributed by atoms with van der Waals surface area (Å²) in [5.74, 6) is -7.87. The van der Waals surface area contributed by atoms with Crippen LogP contribution in [0, 0.1) is 6.92 Å². The number of anilines is 4. The molecule has 0 aliphatic heterocycles. The Morgan fingerprint density at radius 2 is 0.608 bits per heavy atom. The minimum atomic E-state index is -6.20. The van der Waals surface area contributed by atoms with Gasteiger partial charge in [0.25, 0.3) is 17.7 Å². The van der Waals surface area contributed by atoms with Crippen LogP contribution in [0.1, 0.15) is 65.8 Å². The molecule has 0 spiro atoms. The summed E-state index contributed by atoms with van der Waals surface area (Å²) >= 11 is 0. The quantitative estimate of drug-likeness (QED) is 0.0408. The fourth-order valence-corrected chi connectivity index (χ4v) is 8.40. The van der Waals surface area contributed by atoms with Crippen molar-refractivity contribution in [2.45, 2.75) is 49.4 Å². The van der Waals surface area contributed by atoms with Crippen molar-refractivity contribution in [3.63, 3.8) is 0 Å². The Morgan fingerprint density at radius 1 is 0.367 bits per heavy atom. The van der Waals surface area contributed by atoms with Gasteiger partial charge in [0.2, 0.25) is 16.7 Å². The molecule has 0 unspecified atom stereocenters. The number of amides is 4. The van der Waals surface area contributed by atoms with Crippen LogP contribution in [0.25, 0.3) is 0 Å². The molecule has 0 fully saturated rings. The molecule has 0 aliphatic rings. The molecule has 7 aromatic carbocycles. The minimum absolute atomic E-state index is 0.0137. The Kier molecular flexibility index (Phi) is 15.4. The Hall–Kier alpha value is -9.42. The number of carbonyl (C=O) groups is 4. The molecule has 0 bridgehead atoms. The molecule has 13 nitrogen and oxygen atoms in total. The highest BCUT2D eigenvalue weighted by molar-refractivity contribution is 6.06. The molecule has 0 atom stereocenters. The molecule has 0 aliphatic carbocycles. The number of aryl methyl sites for hydroxylation is 1. The highest BCUT2D eigenvalue weighted by Crippen LogP contribution is 2.59. The molecule has 412 valence electrons. The smallest absolute Gasteiger partial charge is 0.411 e. The first-order chi connectivity index (χ1) is 36.8. The average molecular weight is 1110 g/mol. The van der Waals surface area contributed by atoms with Gasteiger partial charge in [0.1, 0.15) is 34.5 Å². The fraction of sp³-hybridized carbons (Fsp3) is 0.148. The number of phenolic OH excluding ortho intramolecular Hbond substituents is 4. The van der Waals surface area contributed by atoms with Crippen LogP contribution in [0.15, 0.2) is 146 Å². The maximum atomic E-state index is 15.2. The van der Waals surface area contributed by atoms with E-state index in [4.69, 9.17) is 4.74 Å². The molecular weight excluding hydrogens is 1080 g/mol. The number of hydrogen-bond donors (Lipinski definition) is 8. The van der Waals surface area contributed by atoms with E-state index in [-0.39, 0.29) is 46.4 Å². The first-order valence-corrected chi connectivity index (χ1v) is 22.6. The molecule has 0 radical (unpaired) electrons. The Labute approximate surface area is 437 Å². The lowest BCUT2D eigenvalue weighted by Gasteiger charge is -2.38. The Morgan fingerprint density at radius 3 is 0.848 bits per heavy atom. The van der Waals surface area contributed by atoms with Crippen molar-refractivity contribution in [3.05, 3.63) is 190 Å². The lowest BCUT2D eigenvalue weighted by Crippen LogP contribution is -2.54. The number of benzene rings is 7. The average Bonchev–Trinajstić information content (AvgIpc) is 3.35. The van der Waals surface area contributed by atoms with Gasteiger partial charge in [-0.2, -0.15) is 52.7 Å². The van der Waals surface area contributed by atoms with Crippen LogP contribution in [0.5, 0.6) is 34.5 Å². The first kappa shape index (κ1) is 57.3. The van der Waals surface area contributed by atoms with Gasteiger partial charge < -0.3 is 46.4 Å². The van der Waals surface area contributed by atoms with E-state index in [1.54, 1.807) is 6.92 Å². The van der Waals surface area contributed by atoms with Crippen molar-refractivity contribution in [2.75, 3.05) is 21.3 Å². The van der Waals surface area contributed by atoms with Gasteiger partial charge in [0.15, 0.2) is 0 Å². The zero-order chi connectivity index (χ0) is 58.2. The van der Waals surface area contributed by atoms with Crippen molar-refractivity contribution in [2.24, 2.45) is 0 Å². The minimum Gasteiger partial charge on any atom is -0.506 e. The maximum absolute atomic E-state index is 15.2. The molecular formula is C54H38F12N4O9. The van der Waals surface area contributed by atoms with Gasteiger partial charge >= 0.3 is 24.7 Å². The molecule has 7 rings (SSSR count). The van der Waals surface area contributed by atoms with Gasteiger partial charge in [0, 0.05) is 23.6 Å². The summed E-state index contributed by atoms with van der Waals surface area (Å²) in [7, 11) is 0. The second kappa shape index (κ2) is 21.2. The number of aromatic hydroxyl groups is 4. The SMILES string of the molecule is CC(=O)Nc1cc(C(c2ccc(O)c(NC(=O)c3ccc(Oc4ccc(C(=O)Nc5cc(C(c6ccc(O)c(NC(=O)c7ccc(C)cc7)c6)(C(F)(F)F)C(F)(F)F)ccc5O)cc4)cc3)c2)(C(F)(F)F)C(F)(F)F)ccc1O. The summed E-state index contributed by atoms with van der Waals surface area (Å²) in [6, 6.07) is 19.2. The third-order valence-corrected chi connectivity index (χ3v) is 12.3. The number of phenols is 4. The largest absolute Gasteiger partial charge is 0.506 e. The Balaban J connectivity index is 1.08. The van der Waals surface area contributed by atoms with Crippen LogP contribution >= 0.6 is 0 Å². The Bertz CT molecular complexity index is 3450. The predicted molar refractivity (Wildman–Crippen MR) is 261 cm³/mol. The highest BCUT2D eigenvalue weighted by atomic mass is 19.4. The van der Waals surface area contributed by atoms with Crippen LogP contribution in [0.3, 0.4) is 0 Å². The van der Waals surface area contributed by atoms with Crippen molar-refractivity contribution < 1.29 is 97.0 Å². The van der Waals surface area contributed by atoms with Gasteiger partial charge in [-0.05, 0) is 138 Å². The van der Waals surface area contributed by atoms with E-state index in [1.165, 1.54) is 48.5 Å². The van der Waals surface area contributed by atoms with Crippen molar-refractivity contribution in [3.8, 4) is 34.5 Å². The van der Waals surface area contributed by atoms with E-state index in [9.17, 15) is 65.9 Å². The second-order valence-electron chi connectivity index (χ2n) is 17.5. The molecule has 8 N–H and O–H groups in total. The van der Waals surface area contributed by atoms with E-state index in [0.717, 1.165) is 36.8 Å². The van der Waals surface area contributed by atoms with E-state index < -0.39 is 127 Å². The summed E-state index contributed by atoms with van der Waals surface area (Å²) < 4.78 is 187. The summed E-state index contributed by atoms with van der Waals surface area (Å²) in [5.41, 5.74) is -19.1. The van der Waals surface area contributed by atoms with E-state index in [1.807, 2.05) is 5.32 Å². The van der Waals surface area contributed by atoms with Crippen molar-refractivity contribution in [1.82, 2.24) is 0 Å². The molecule has 4 amide bonds. The van der Waals surface area contributed by atoms with E-state index >= 15 is 26.3 Å². The van der Waals surface area contributed by atoms with Crippen LogP contribution in [-0.2, 0) is 15.6 Å². The second-order valence-corrected chi connectivity index (χ2v) is 17.5. The predicted octanol–water partition coefficient (Wildman–Crippen LogP) is 13.1. The van der Waals surface area contributed by atoms with Gasteiger partial charge in [-0.25, -0.2) is 0 Å². The van der Waals surface area contributed by atoms with Crippen LogP contribution in [0.4, 0.5) is 75.4 Å². The van der Waals surface area contributed by atoms with Crippen molar-refractivity contribution >= 4 is 46.4 Å².